The topological polar surface area (TPSA) is 78.4 Å². The minimum Gasteiger partial charge on any atom is -0.379 e. The molecule has 8 nitrogen and oxygen atoms in total. The number of hydrogen-bond acceptors (Lipinski definition) is 8. The third-order valence-electron chi connectivity index (χ3n) is 5.34. The fraction of sp³-hybridized carbons (Fsp3) is 0.550. The molecule has 1 saturated heterocycles. The van der Waals surface area contributed by atoms with Gasteiger partial charge in [0, 0.05) is 46.0 Å². The zero-order chi connectivity index (χ0) is 19.3. The van der Waals surface area contributed by atoms with Gasteiger partial charge in [-0.1, -0.05) is 0 Å². The number of aryl methyl sites for hydroxylation is 1. The lowest BCUT2D eigenvalue weighted by Crippen LogP contribution is -2.40. The van der Waals surface area contributed by atoms with Crippen LogP contribution in [-0.4, -0.2) is 72.8 Å². The molecule has 0 spiro atoms. The molecule has 0 aromatic carbocycles. The summed E-state index contributed by atoms with van der Waals surface area (Å²) >= 11 is 0. The number of pyridine rings is 1. The number of rotatable bonds is 6. The van der Waals surface area contributed by atoms with Gasteiger partial charge in [0.25, 0.3) is 0 Å². The fourth-order valence-electron chi connectivity index (χ4n) is 3.68. The van der Waals surface area contributed by atoms with Gasteiger partial charge >= 0.3 is 0 Å². The Hall–Kier alpha value is -2.29. The lowest BCUT2D eigenvalue weighted by molar-refractivity contribution is 0.0392. The summed E-state index contributed by atoms with van der Waals surface area (Å²) in [7, 11) is 2.10. The maximum absolute atomic E-state index is 5.41. The van der Waals surface area contributed by atoms with Gasteiger partial charge in [0.15, 0.2) is 0 Å². The molecule has 0 atom stereocenters. The second-order valence-corrected chi connectivity index (χ2v) is 7.46. The van der Waals surface area contributed by atoms with E-state index in [0.29, 0.717) is 5.95 Å². The van der Waals surface area contributed by atoms with Gasteiger partial charge in [0.2, 0.25) is 5.95 Å². The Morgan fingerprint density at radius 1 is 1.25 bits per heavy atom. The Morgan fingerprint density at radius 2 is 2.11 bits per heavy atom. The van der Waals surface area contributed by atoms with Crippen LogP contribution in [0.2, 0.25) is 0 Å². The standard InChI is InChI=1S/C20H29N7O/c1-15-11-17(24-20-23-12-16-3-4-21-14-18(16)25-20)13-22-19(15)26(2)5-6-27-7-9-28-10-8-27/h11-13,21H,3-10,14H2,1-2H3,(H,23,24,25). The molecular formula is C20H29N7O. The van der Waals surface area contributed by atoms with E-state index < -0.39 is 0 Å². The molecule has 0 bridgehead atoms. The number of likely N-dealkylation sites (N-methyl/N-ethyl adjacent to an activating group) is 1. The Morgan fingerprint density at radius 3 is 2.93 bits per heavy atom. The number of nitrogens with one attached hydrogen (secondary N) is 2. The largest absolute Gasteiger partial charge is 0.379 e. The van der Waals surface area contributed by atoms with Crippen LogP contribution in [0, 0.1) is 6.92 Å². The zero-order valence-electron chi connectivity index (χ0n) is 16.7. The highest BCUT2D eigenvalue weighted by molar-refractivity contribution is 5.58. The number of fused-ring (bicyclic) bond motifs is 1. The van der Waals surface area contributed by atoms with Crippen LogP contribution in [-0.2, 0) is 17.7 Å². The van der Waals surface area contributed by atoms with E-state index in [1.807, 2.05) is 12.4 Å². The lowest BCUT2D eigenvalue weighted by atomic mass is 10.1. The molecule has 1 fully saturated rings. The number of hydrogen-bond donors (Lipinski definition) is 2. The molecule has 0 aliphatic carbocycles. The summed E-state index contributed by atoms with van der Waals surface area (Å²) in [5.41, 5.74) is 4.35. The molecule has 8 heteroatoms. The van der Waals surface area contributed by atoms with E-state index in [0.717, 1.165) is 81.7 Å². The lowest BCUT2D eigenvalue weighted by Gasteiger charge is -2.29. The SMILES string of the molecule is Cc1cc(Nc2ncc3c(n2)CNCC3)cnc1N(C)CCN1CCOCC1. The molecule has 2 aromatic rings. The first-order valence-electron chi connectivity index (χ1n) is 9.99. The predicted octanol–water partition coefficient (Wildman–Crippen LogP) is 1.34. The summed E-state index contributed by atoms with van der Waals surface area (Å²) in [6, 6.07) is 2.11. The Bertz CT molecular complexity index is 807. The van der Waals surface area contributed by atoms with Crippen LogP contribution >= 0.6 is 0 Å². The molecule has 2 aromatic heterocycles. The number of morpholine rings is 1. The van der Waals surface area contributed by atoms with Crippen molar-refractivity contribution >= 4 is 17.5 Å². The van der Waals surface area contributed by atoms with E-state index in [9.17, 15) is 0 Å². The van der Waals surface area contributed by atoms with Crippen molar-refractivity contribution in [3.63, 3.8) is 0 Å². The smallest absolute Gasteiger partial charge is 0.227 e. The van der Waals surface area contributed by atoms with Gasteiger partial charge in [-0.15, -0.1) is 0 Å². The van der Waals surface area contributed by atoms with Gasteiger partial charge in [0.1, 0.15) is 5.82 Å². The molecule has 4 heterocycles. The molecule has 4 rings (SSSR count). The highest BCUT2D eigenvalue weighted by Crippen LogP contribution is 2.22. The van der Waals surface area contributed by atoms with Gasteiger partial charge < -0.3 is 20.3 Å². The van der Waals surface area contributed by atoms with Crippen LogP contribution < -0.4 is 15.5 Å². The highest BCUT2D eigenvalue weighted by Gasteiger charge is 2.14. The number of aromatic nitrogens is 3. The molecule has 0 amide bonds. The van der Waals surface area contributed by atoms with E-state index in [-0.39, 0.29) is 0 Å². The van der Waals surface area contributed by atoms with Crippen LogP contribution in [0.3, 0.4) is 0 Å². The first-order valence-corrected chi connectivity index (χ1v) is 9.99. The molecule has 0 radical (unpaired) electrons. The van der Waals surface area contributed by atoms with Crippen molar-refractivity contribution in [2.45, 2.75) is 19.9 Å². The van der Waals surface area contributed by atoms with Crippen molar-refractivity contribution in [3.8, 4) is 0 Å². The van der Waals surface area contributed by atoms with Crippen molar-refractivity contribution in [2.75, 3.05) is 63.2 Å². The number of nitrogens with zero attached hydrogens (tertiary/aromatic N) is 5. The molecule has 2 aliphatic rings. The minimum absolute atomic E-state index is 0.622. The van der Waals surface area contributed by atoms with E-state index in [4.69, 9.17) is 4.74 Å². The minimum atomic E-state index is 0.622. The maximum Gasteiger partial charge on any atom is 0.227 e. The van der Waals surface area contributed by atoms with Crippen molar-refractivity contribution in [3.05, 3.63) is 35.3 Å². The first kappa shape index (κ1) is 19.0. The van der Waals surface area contributed by atoms with Crippen molar-refractivity contribution in [1.82, 2.24) is 25.2 Å². The summed E-state index contributed by atoms with van der Waals surface area (Å²) < 4.78 is 5.41. The highest BCUT2D eigenvalue weighted by atomic mass is 16.5. The second kappa shape index (κ2) is 8.81. The molecular weight excluding hydrogens is 354 g/mol. The third kappa shape index (κ3) is 4.57. The van der Waals surface area contributed by atoms with Crippen LogP contribution in [0.15, 0.2) is 18.5 Å². The normalized spacial score (nSPS) is 17.2. The maximum atomic E-state index is 5.41. The molecule has 2 N–H and O–H groups in total. The summed E-state index contributed by atoms with van der Waals surface area (Å²) in [6.07, 6.45) is 4.77. The van der Waals surface area contributed by atoms with Gasteiger partial charge in [-0.05, 0) is 37.1 Å². The van der Waals surface area contributed by atoms with E-state index in [2.05, 4.69) is 55.4 Å². The summed E-state index contributed by atoms with van der Waals surface area (Å²) in [5, 5.41) is 6.64. The van der Waals surface area contributed by atoms with E-state index in [1.165, 1.54) is 5.56 Å². The molecule has 0 saturated carbocycles. The van der Waals surface area contributed by atoms with Crippen molar-refractivity contribution in [2.24, 2.45) is 0 Å². The Balaban J connectivity index is 1.38. The summed E-state index contributed by atoms with van der Waals surface area (Å²) in [5.74, 6) is 1.63. The first-order chi connectivity index (χ1) is 13.7. The van der Waals surface area contributed by atoms with Crippen LogP contribution in [0.25, 0.3) is 0 Å². The monoisotopic (exact) mass is 383 g/mol. The van der Waals surface area contributed by atoms with E-state index >= 15 is 0 Å². The van der Waals surface area contributed by atoms with Gasteiger partial charge in [0.05, 0.1) is 30.8 Å². The summed E-state index contributed by atoms with van der Waals surface area (Å²) in [6.45, 7) is 9.56. The van der Waals surface area contributed by atoms with Crippen LogP contribution in [0.4, 0.5) is 17.5 Å². The van der Waals surface area contributed by atoms with Crippen LogP contribution in [0.1, 0.15) is 16.8 Å². The van der Waals surface area contributed by atoms with Gasteiger partial charge in [-0.3, -0.25) is 4.90 Å². The molecule has 28 heavy (non-hydrogen) atoms. The molecule has 2 aliphatic heterocycles. The zero-order valence-corrected chi connectivity index (χ0v) is 16.7. The van der Waals surface area contributed by atoms with Crippen molar-refractivity contribution < 1.29 is 4.74 Å². The second-order valence-electron chi connectivity index (χ2n) is 7.46. The third-order valence-corrected chi connectivity index (χ3v) is 5.34. The summed E-state index contributed by atoms with van der Waals surface area (Å²) in [4.78, 5) is 18.4. The van der Waals surface area contributed by atoms with Gasteiger partial charge in [-0.2, -0.15) is 0 Å². The van der Waals surface area contributed by atoms with Gasteiger partial charge in [-0.25, -0.2) is 15.0 Å². The van der Waals surface area contributed by atoms with Crippen LogP contribution in [0.5, 0.6) is 0 Å². The predicted molar refractivity (Wildman–Crippen MR) is 110 cm³/mol. The number of anilines is 3. The Labute approximate surface area is 166 Å². The average Bonchev–Trinajstić information content (AvgIpc) is 2.73. The van der Waals surface area contributed by atoms with E-state index in [1.54, 1.807) is 0 Å². The Kier molecular flexibility index (Phi) is 5.99. The molecule has 0 unspecified atom stereocenters. The average molecular weight is 384 g/mol. The fourth-order valence-corrected chi connectivity index (χ4v) is 3.68. The molecule has 150 valence electrons. The quantitative estimate of drug-likeness (QED) is 0.774. The van der Waals surface area contributed by atoms with Crippen molar-refractivity contribution in [1.29, 1.82) is 0 Å². The number of ether oxygens (including phenoxy) is 1.